The van der Waals surface area contributed by atoms with Crippen molar-refractivity contribution in [2.45, 2.75) is 39.8 Å². The van der Waals surface area contributed by atoms with Crippen LogP contribution in [-0.4, -0.2) is 6.10 Å². The van der Waals surface area contributed by atoms with Crippen LogP contribution in [0.15, 0.2) is 18.2 Å². The normalized spacial score (nSPS) is 13.0. The van der Waals surface area contributed by atoms with E-state index in [4.69, 9.17) is 10.5 Å². The van der Waals surface area contributed by atoms with Gasteiger partial charge in [0, 0.05) is 11.6 Å². The zero-order valence-corrected chi connectivity index (χ0v) is 9.37. The highest BCUT2D eigenvalue weighted by molar-refractivity contribution is 5.39. The summed E-state index contributed by atoms with van der Waals surface area (Å²) in [7, 11) is 0. The van der Waals surface area contributed by atoms with E-state index in [2.05, 4.69) is 13.0 Å². The molecule has 0 fully saturated rings. The lowest BCUT2D eigenvalue weighted by atomic mass is 10.1. The van der Waals surface area contributed by atoms with Gasteiger partial charge in [0.25, 0.3) is 0 Å². The van der Waals surface area contributed by atoms with Gasteiger partial charge in [0.15, 0.2) is 0 Å². The van der Waals surface area contributed by atoms with Crippen LogP contribution in [0.2, 0.25) is 0 Å². The molecule has 2 N–H and O–H groups in total. The van der Waals surface area contributed by atoms with Crippen LogP contribution in [0.4, 0.5) is 0 Å². The number of nitrogens with two attached hydrogens (primary N) is 1. The summed E-state index contributed by atoms with van der Waals surface area (Å²) in [4.78, 5) is 0. The van der Waals surface area contributed by atoms with Crippen molar-refractivity contribution >= 4 is 0 Å². The SMILES string of the molecule is Cc1ccc(C(C)N)c(OC(C)C)c1. The number of aryl methyl sites for hydroxylation is 1. The largest absolute Gasteiger partial charge is 0.491 e. The second-order valence-corrected chi connectivity index (χ2v) is 4.00. The number of hydrogen-bond donors (Lipinski definition) is 1. The molecule has 0 heterocycles. The van der Waals surface area contributed by atoms with Crippen molar-refractivity contribution in [1.82, 2.24) is 0 Å². The summed E-state index contributed by atoms with van der Waals surface area (Å²) in [6.07, 6.45) is 0.189. The Morgan fingerprint density at radius 2 is 1.86 bits per heavy atom. The summed E-state index contributed by atoms with van der Waals surface area (Å²) in [6.45, 7) is 8.07. The minimum absolute atomic E-state index is 0.0179. The molecule has 1 rings (SSSR count). The van der Waals surface area contributed by atoms with Crippen molar-refractivity contribution in [2.24, 2.45) is 5.73 Å². The van der Waals surface area contributed by atoms with E-state index in [0.29, 0.717) is 0 Å². The molecule has 1 aromatic rings. The van der Waals surface area contributed by atoms with Crippen molar-refractivity contribution < 1.29 is 4.74 Å². The quantitative estimate of drug-likeness (QED) is 0.801. The third-order valence-electron chi connectivity index (χ3n) is 2.02. The Hall–Kier alpha value is -1.02. The monoisotopic (exact) mass is 193 g/mol. The van der Waals surface area contributed by atoms with Gasteiger partial charge in [-0.2, -0.15) is 0 Å². The molecule has 0 saturated heterocycles. The Bertz CT molecular complexity index is 305. The van der Waals surface area contributed by atoms with E-state index >= 15 is 0 Å². The van der Waals surface area contributed by atoms with Gasteiger partial charge in [-0.25, -0.2) is 0 Å². The zero-order chi connectivity index (χ0) is 10.7. The fraction of sp³-hybridized carbons (Fsp3) is 0.500. The molecule has 0 amide bonds. The first-order valence-corrected chi connectivity index (χ1v) is 5.03. The summed E-state index contributed by atoms with van der Waals surface area (Å²) in [5, 5.41) is 0. The first-order chi connectivity index (χ1) is 6.50. The van der Waals surface area contributed by atoms with Crippen LogP contribution in [0.25, 0.3) is 0 Å². The van der Waals surface area contributed by atoms with E-state index in [1.165, 1.54) is 5.56 Å². The molecule has 0 saturated carbocycles. The highest BCUT2D eigenvalue weighted by Crippen LogP contribution is 2.25. The van der Waals surface area contributed by atoms with Crippen LogP contribution >= 0.6 is 0 Å². The minimum atomic E-state index is 0.0179. The van der Waals surface area contributed by atoms with E-state index in [-0.39, 0.29) is 12.1 Å². The van der Waals surface area contributed by atoms with Gasteiger partial charge < -0.3 is 10.5 Å². The fourth-order valence-electron chi connectivity index (χ4n) is 1.37. The molecule has 1 unspecified atom stereocenters. The third-order valence-corrected chi connectivity index (χ3v) is 2.02. The van der Waals surface area contributed by atoms with Gasteiger partial charge in [0.2, 0.25) is 0 Å². The Morgan fingerprint density at radius 1 is 1.21 bits per heavy atom. The van der Waals surface area contributed by atoms with Gasteiger partial charge in [-0.1, -0.05) is 12.1 Å². The van der Waals surface area contributed by atoms with Crippen molar-refractivity contribution in [3.8, 4) is 5.75 Å². The molecule has 1 aromatic carbocycles. The number of rotatable bonds is 3. The van der Waals surface area contributed by atoms with E-state index in [0.717, 1.165) is 11.3 Å². The van der Waals surface area contributed by atoms with Gasteiger partial charge in [-0.15, -0.1) is 0 Å². The zero-order valence-electron chi connectivity index (χ0n) is 9.37. The molecule has 14 heavy (non-hydrogen) atoms. The fourth-order valence-corrected chi connectivity index (χ4v) is 1.37. The summed E-state index contributed by atoms with van der Waals surface area (Å²) in [5.41, 5.74) is 8.13. The summed E-state index contributed by atoms with van der Waals surface area (Å²) in [5.74, 6) is 0.912. The summed E-state index contributed by atoms with van der Waals surface area (Å²) < 4.78 is 5.71. The van der Waals surface area contributed by atoms with Crippen molar-refractivity contribution in [2.75, 3.05) is 0 Å². The molecule has 0 aromatic heterocycles. The molecule has 0 spiro atoms. The first-order valence-electron chi connectivity index (χ1n) is 5.03. The van der Waals surface area contributed by atoms with E-state index < -0.39 is 0 Å². The minimum Gasteiger partial charge on any atom is -0.491 e. The predicted molar refractivity (Wildman–Crippen MR) is 59.5 cm³/mol. The van der Waals surface area contributed by atoms with Gasteiger partial charge in [-0.3, -0.25) is 0 Å². The van der Waals surface area contributed by atoms with Crippen LogP contribution in [0.5, 0.6) is 5.75 Å². The maximum atomic E-state index is 5.86. The Balaban J connectivity index is 3.03. The first kappa shape index (κ1) is 11.1. The summed E-state index contributed by atoms with van der Waals surface area (Å²) >= 11 is 0. The standard InChI is InChI=1S/C12H19NO/c1-8(2)14-12-7-9(3)5-6-11(12)10(4)13/h5-8,10H,13H2,1-4H3. The molecule has 0 aliphatic heterocycles. The summed E-state index contributed by atoms with van der Waals surface area (Å²) in [6, 6.07) is 6.16. The van der Waals surface area contributed by atoms with Crippen LogP contribution < -0.4 is 10.5 Å². The lowest BCUT2D eigenvalue weighted by molar-refractivity contribution is 0.239. The second-order valence-electron chi connectivity index (χ2n) is 4.00. The number of benzene rings is 1. The molecule has 0 radical (unpaired) electrons. The van der Waals surface area contributed by atoms with Crippen molar-refractivity contribution in [1.29, 1.82) is 0 Å². The molecular weight excluding hydrogens is 174 g/mol. The molecular formula is C12H19NO. The maximum absolute atomic E-state index is 5.86. The predicted octanol–water partition coefficient (Wildman–Crippen LogP) is 2.80. The van der Waals surface area contributed by atoms with E-state index in [9.17, 15) is 0 Å². The van der Waals surface area contributed by atoms with Gasteiger partial charge in [0.1, 0.15) is 5.75 Å². The van der Waals surface area contributed by atoms with Crippen LogP contribution in [0.3, 0.4) is 0 Å². The lowest BCUT2D eigenvalue weighted by Crippen LogP contribution is -2.12. The molecule has 78 valence electrons. The van der Waals surface area contributed by atoms with E-state index in [1.807, 2.05) is 32.9 Å². The lowest BCUT2D eigenvalue weighted by Gasteiger charge is -2.16. The molecule has 0 aliphatic carbocycles. The van der Waals surface area contributed by atoms with Crippen molar-refractivity contribution in [3.63, 3.8) is 0 Å². The molecule has 2 heteroatoms. The van der Waals surface area contributed by atoms with Crippen LogP contribution in [0, 0.1) is 6.92 Å². The van der Waals surface area contributed by atoms with Crippen LogP contribution in [0.1, 0.15) is 37.9 Å². The molecule has 0 aliphatic rings. The maximum Gasteiger partial charge on any atom is 0.124 e. The highest BCUT2D eigenvalue weighted by atomic mass is 16.5. The average Bonchev–Trinajstić information content (AvgIpc) is 2.01. The Labute approximate surface area is 86.1 Å². The smallest absolute Gasteiger partial charge is 0.124 e. The van der Waals surface area contributed by atoms with Gasteiger partial charge in [0.05, 0.1) is 6.10 Å². The van der Waals surface area contributed by atoms with Crippen LogP contribution in [-0.2, 0) is 0 Å². The number of hydrogen-bond acceptors (Lipinski definition) is 2. The van der Waals surface area contributed by atoms with E-state index in [1.54, 1.807) is 0 Å². The second kappa shape index (κ2) is 4.47. The number of ether oxygens (including phenoxy) is 1. The Morgan fingerprint density at radius 3 is 2.36 bits per heavy atom. The van der Waals surface area contributed by atoms with Crippen molar-refractivity contribution in [3.05, 3.63) is 29.3 Å². The van der Waals surface area contributed by atoms with Gasteiger partial charge >= 0.3 is 0 Å². The molecule has 2 nitrogen and oxygen atoms in total. The topological polar surface area (TPSA) is 35.2 Å². The average molecular weight is 193 g/mol. The van der Waals surface area contributed by atoms with Gasteiger partial charge in [-0.05, 0) is 39.3 Å². The Kier molecular flexibility index (Phi) is 3.53. The third kappa shape index (κ3) is 2.74. The molecule has 0 bridgehead atoms. The highest BCUT2D eigenvalue weighted by Gasteiger charge is 2.09. The molecule has 1 atom stereocenters.